The van der Waals surface area contributed by atoms with Crippen LogP contribution in [0.5, 0.6) is 0 Å². The Bertz CT molecular complexity index is 1140. The molecular weight excluding hydrogens is 360 g/mol. The lowest BCUT2D eigenvalue weighted by molar-refractivity contribution is -0.114. The number of benzene rings is 3. The van der Waals surface area contributed by atoms with Crippen molar-refractivity contribution in [1.29, 1.82) is 0 Å². The van der Waals surface area contributed by atoms with E-state index < -0.39 is 10.0 Å². The molecule has 0 fully saturated rings. The fraction of sp³-hybridized carbons (Fsp3) is 0.0952. The maximum absolute atomic E-state index is 12.4. The molecule has 1 amide bonds. The van der Waals surface area contributed by atoms with Crippen LogP contribution < -0.4 is 10.0 Å². The number of rotatable bonds is 4. The van der Waals surface area contributed by atoms with Crippen LogP contribution in [-0.4, -0.2) is 20.9 Å². The second-order valence-electron chi connectivity index (χ2n) is 5.89. The maximum atomic E-state index is 12.4. The van der Waals surface area contributed by atoms with Gasteiger partial charge in [-0.25, -0.2) is 8.42 Å². The van der Waals surface area contributed by atoms with Crippen LogP contribution in [-0.2, 0) is 14.8 Å². The van der Waals surface area contributed by atoms with E-state index in [2.05, 4.69) is 21.9 Å². The van der Waals surface area contributed by atoms with Crippen molar-refractivity contribution in [2.75, 3.05) is 11.9 Å². The molecule has 0 aliphatic rings. The van der Waals surface area contributed by atoms with Crippen molar-refractivity contribution in [3.05, 3.63) is 72.3 Å². The molecule has 0 atom stereocenters. The Hall–Kier alpha value is -3.14. The zero-order chi connectivity index (χ0) is 19.3. The Morgan fingerprint density at radius 1 is 0.963 bits per heavy atom. The minimum Gasteiger partial charge on any atom is -0.326 e. The van der Waals surface area contributed by atoms with Crippen LogP contribution in [0.2, 0.25) is 0 Å². The highest BCUT2D eigenvalue weighted by Crippen LogP contribution is 2.18. The van der Waals surface area contributed by atoms with Gasteiger partial charge in [-0.15, -0.1) is 0 Å². The molecule has 3 aromatic rings. The fourth-order valence-electron chi connectivity index (χ4n) is 2.54. The summed E-state index contributed by atoms with van der Waals surface area (Å²) in [7, 11) is -3.63. The first-order valence-corrected chi connectivity index (χ1v) is 9.77. The van der Waals surface area contributed by atoms with Crippen molar-refractivity contribution in [2.45, 2.75) is 11.8 Å². The number of sulfonamides is 1. The van der Waals surface area contributed by atoms with Crippen molar-refractivity contribution < 1.29 is 13.2 Å². The molecule has 5 nitrogen and oxygen atoms in total. The number of hydrogen-bond acceptors (Lipinski definition) is 3. The smallest absolute Gasteiger partial charge is 0.241 e. The van der Waals surface area contributed by atoms with Gasteiger partial charge in [0.05, 0.1) is 11.4 Å². The third-order valence-corrected chi connectivity index (χ3v) is 5.22. The van der Waals surface area contributed by atoms with Crippen LogP contribution in [0.1, 0.15) is 12.5 Å². The van der Waals surface area contributed by atoms with Gasteiger partial charge >= 0.3 is 0 Å². The molecule has 0 saturated carbocycles. The van der Waals surface area contributed by atoms with E-state index in [0.717, 1.165) is 16.3 Å². The number of nitrogens with one attached hydrogen (secondary N) is 2. The second-order valence-corrected chi connectivity index (χ2v) is 7.66. The number of amides is 1. The van der Waals surface area contributed by atoms with Crippen LogP contribution in [0.4, 0.5) is 5.69 Å². The third-order valence-electron chi connectivity index (χ3n) is 3.82. The second kappa shape index (κ2) is 8.04. The Balaban J connectivity index is 1.65. The molecule has 0 aromatic heterocycles. The molecule has 0 unspecified atom stereocenters. The van der Waals surface area contributed by atoms with E-state index in [9.17, 15) is 13.2 Å². The molecule has 27 heavy (non-hydrogen) atoms. The quantitative estimate of drug-likeness (QED) is 0.685. The maximum Gasteiger partial charge on any atom is 0.241 e. The van der Waals surface area contributed by atoms with Gasteiger partial charge < -0.3 is 5.32 Å². The monoisotopic (exact) mass is 378 g/mol. The predicted molar refractivity (Wildman–Crippen MR) is 107 cm³/mol. The summed E-state index contributed by atoms with van der Waals surface area (Å²) in [5, 5.41) is 4.52. The van der Waals surface area contributed by atoms with Gasteiger partial charge in [0.2, 0.25) is 15.9 Å². The van der Waals surface area contributed by atoms with Crippen LogP contribution in [0.3, 0.4) is 0 Å². The Kier molecular flexibility index (Phi) is 5.55. The standard InChI is InChI=1S/C21H18N2O3S/c1-16(24)23-20-11-8-17(9-12-20)5-4-14-22-27(25,26)21-13-10-18-6-2-3-7-19(18)15-21/h2-3,6-13,15,22H,14H2,1H3,(H,23,24). The summed E-state index contributed by atoms with van der Waals surface area (Å²) in [6.07, 6.45) is 0. The minimum atomic E-state index is -3.63. The number of anilines is 1. The minimum absolute atomic E-state index is 0.00259. The summed E-state index contributed by atoms with van der Waals surface area (Å²) in [6.45, 7) is 1.44. The lowest BCUT2D eigenvalue weighted by Gasteiger charge is -2.05. The molecule has 0 aliphatic carbocycles. The van der Waals surface area contributed by atoms with E-state index in [1.807, 2.05) is 24.3 Å². The average Bonchev–Trinajstić information content (AvgIpc) is 2.65. The Morgan fingerprint density at radius 3 is 2.37 bits per heavy atom. The molecule has 6 heteroatoms. The van der Waals surface area contributed by atoms with Crippen molar-refractivity contribution in [2.24, 2.45) is 0 Å². The molecule has 0 heterocycles. The van der Waals surface area contributed by atoms with Crippen LogP contribution in [0.15, 0.2) is 71.6 Å². The lowest BCUT2D eigenvalue weighted by Crippen LogP contribution is -2.23. The van der Waals surface area contributed by atoms with Gasteiger partial charge in [-0.3, -0.25) is 4.79 Å². The van der Waals surface area contributed by atoms with E-state index in [1.54, 1.807) is 42.5 Å². The van der Waals surface area contributed by atoms with Gasteiger partial charge in [-0.05, 0) is 47.2 Å². The molecular formula is C21H18N2O3S. The SMILES string of the molecule is CC(=O)Nc1ccc(C#CCNS(=O)(=O)c2ccc3ccccc3c2)cc1. The number of hydrogen-bond donors (Lipinski definition) is 2. The van der Waals surface area contributed by atoms with E-state index in [-0.39, 0.29) is 17.3 Å². The van der Waals surface area contributed by atoms with Gasteiger partial charge in [0, 0.05) is 18.2 Å². The molecule has 0 bridgehead atoms. The van der Waals surface area contributed by atoms with Crippen molar-refractivity contribution in [3.8, 4) is 11.8 Å². The summed E-state index contributed by atoms with van der Waals surface area (Å²) in [5.41, 5.74) is 1.42. The molecule has 0 spiro atoms. The van der Waals surface area contributed by atoms with Gasteiger partial charge in [0.25, 0.3) is 0 Å². The highest BCUT2D eigenvalue weighted by Gasteiger charge is 2.13. The molecule has 2 N–H and O–H groups in total. The first-order chi connectivity index (χ1) is 12.9. The summed E-state index contributed by atoms with van der Waals surface area (Å²) in [5.74, 6) is 5.54. The van der Waals surface area contributed by atoms with Crippen molar-refractivity contribution in [3.63, 3.8) is 0 Å². The third kappa shape index (κ3) is 4.94. The van der Waals surface area contributed by atoms with Crippen LogP contribution in [0, 0.1) is 11.8 Å². The Morgan fingerprint density at radius 2 is 1.67 bits per heavy atom. The average molecular weight is 378 g/mol. The van der Waals surface area contributed by atoms with Crippen molar-refractivity contribution >= 4 is 32.4 Å². The van der Waals surface area contributed by atoms with Crippen molar-refractivity contribution in [1.82, 2.24) is 4.72 Å². The molecule has 0 saturated heterocycles. The van der Waals surface area contributed by atoms with E-state index in [0.29, 0.717) is 5.69 Å². The van der Waals surface area contributed by atoms with Gasteiger partial charge in [-0.1, -0.05) is 42.2 Å². The number of fused-ring (bicyclic) bond motifs is 1. The highest BCUT2D eigenvalue weighted by molar-refractivity contribution is 7.89. The zero-order valence-electron chi connectivity index (χ0n) is 14.7. The van der Waals surface area contributed by atoms with E-state index in [1.165, 1.54) is 6.92 Å². The van der Waals surface area contributed by atoms with Gasteiger partial charge in [0.1, 0.15) is 0 Å². The lowest BCUT2D eigenvalue weighted by atomic mass is 10.1. The molecule has 3 aromatic carbocycles. The zero-order valence-corrected chi connectivity index (χ0v) is 15.5. The van der Waals surface area contributed by atoms with Crippen LogP contribution >= 0.6 is 0 Å². The number of carbonyl (C=O) groups excluding carboxylic acids is 1. The first kappa shape index (κ1) is 18.6. The van der Waals surface area contributed by atoms with Crippen LogP contribution in [0.25, 0.3) is 10.8 Å². The molecule has 136 valence electrons. The van der Waals surface area contributed by atoms with Gasteiger partial charge in [-0.2, -0.15) is 4.72 Å². The van der Waals surface area contributed by atoms with Gasteiger partial charge in [0.15, 0.2) is 0 Å². The summed E-state index contributed by atoms with van der Waals surface area (Å²) in [4.78, 5) is 11.2. The molecule has 3 rings (SSSR count). The first-order valence-electron chi connectivity index (χ1n) is 8.29. The molecule has 0 aliphatic heterocycles. The summed E-state index contributed by atoms with van der Waals surface area (Å²) < 4.78 is 27.3. The highest BCUT2D eigenvalue weighted by atomic mass is 32.2. The largest absolute Gasteiger partial charge is 0.326 e. The predicted octanol–water partition coefficient (Wildman–Crippen LogP) is 3.13. The fourth-order valence-corrected chi connectivity index (χ4v) is 3.49. The topological polar surface area (TPSA) is 75.3 Å². The Labute approximate surface area is 158 Å². The molecule has 0 radical (unpaired) electrons. The normalized spacial score (nSPS) is 10.9. The number of carbonyl (C=O) groups is 1. The van der Waals surface area contributed by atoms with E-state index in [4.69, 9.17) is 0 Å². The van der Waals surface area contributed by atoms with E-state index >= 15 is 0 Å². The summed E-state index contributed by atoms with van der Waals surface area (Å²) in [6, 6.07) is 19.6. The summed E-state index contributed by atoms with van der Waals surface area (Å²) >= 11 is 0.